The van der Waals surface area contributed by atoms with E-state index in [4.69, 9.17) is 0 Å². The minimum atomic E-state index is -4.77. The van der Waals surface area contributed by atoms with Crippen molar-refractivity contribution in [2.75, 3.05) is 4.72 Å². The maximum atomic E-state index is 12.5. The second-order valence-corrected chi connectivity index (χ2v) is 8.27. The van der Waals surface area contributed by atoms with E-state index in [1.165, 1.54) is 24.3 Å². The molecule has 0 aliphatic carbocycles. The molecule has 0 fully saturated rings. The van der Waals surface area contributed by atoms with E-state index in [0.717, 1.165) is 12.1 Å². The van der Waals surface area contributed by atoms with E-state index in [1.807, 2.05) is 0 Å². The van der Waals surface area contributed by atoms with Crippen LogP contribution in [0, 0.1) is 0 Å². The molecule has 0 atom stereocenters. The number of rotatable bonds is 4. The summed E-state index contributed by atoms with van der Waals surface area (Å²) in [6.07, 6.45) is 0. The summed E-state index contributed by atoms with van der Waals surface area (Å²) in [5, 5.41) is 10.8. The van der Waals surface area contributed by atoms with Crippen molar-refractivity contribution in [3.8, 4) is 5.75 Å². The normalized spacial score (nSPS) is 11.7. The van der Waals surface area contributed by atoms with Gasteiger partial charge < -0.3 is 9.66 Å². The Balaban J connectivity index is 0.00000243. The van der Waals surface area contributed by atoms with E-state index >= 15 is 0 Å². The van der Waals surface area contributed by atoms with E-state index < -0.39 is 25.0 Å². The van der Waals surface area contributed by atoms with Crippen LogP contribution >= 0.6 is 0 Å². The van der Waals surface area contributed by atoms with Crippen molar-refractivity contribution in [3.05, 3.63) is 60.7 Å². The van der Waals surface area contributed by atoms with Gasteiger partial charge in [-0.3, -0.25) is 4.72 Å². The molecule has 0 bridgehead atoms. The fraction of sp³-hybridized carbons (Fsp3) is 0. The van der Waals surface area contributed by atoms with Gasteiger partial charge in [0.2, 0.25) is 0 Å². The van der Waals surface area contributed by atoms with Gasteiger partial charge in [-0.1, -0.05) is 30.3 Å². The van der Waals surface area contributed by atoms with Gasteiger partial charge >= 0.3 is 51.4 Å². The molecule has 3 aromatic carbocycles. The molecule has 0 aliphatic rings. The number of phenolic OH excluding ortho intramolecular Hbond substituents is 1. The van der Waals surface area contributed by atoms with E-state index in [9.17, 15) is 26.5 Å². The average Bonchev–Trinajstić information content (AvgIpc) is 2.55. The maximum Gasteiger partial charge on any atom is 1.00 e. The molecular formula is C16H12KNO6S2. The van der Waals surface area contributed by atoms with Crippen LogP contribution in [0.15, 0.2) is 70.5 Å². The van der Waals surface area contributed by atoms with Gasteiger partial charge in [-0.25, -0.2) is 16.8 Å². The molecule has 0 saturated carbocycles. The molecular weight excluding hydrogens is 405 g/mol. The van der Waals surface area contributed by atoms with Crippen molar-refractivity contribution in [2.45, 2.75) is 9.79 Å². The van der Waals surface area contributed by atoms with Crippen molar-refractivity contribution in [2.24, 2.45) is 0 Å². The zero-order valence-electron chi connectivity index (χ0n) is 13.6. The van der Waals surface area contributed by atoms with E-state index in [2.05, 4.69) is 4.72 Å². The Bertz CT molecular complexity index is 1180. The van der Waals surface area contributed by atoms with E-state index in [1.54, 1.807) is 24.3 Å². The number of sulfonamides is 1. The molecule has 0 spiro atoms. The van der Waals surface area contributed by atoms with Crippen LogP contribution in [-0.2, 0) is 20.1 Å². The number of hydrogen-bond donors (Lipinski definition) is 2. The quantitative estimate of drug-likeness (QED) is 0.425. The van der Waals surface area contributed by atoms with Crippen LogP contribution in [0.2, 0.25) is 0 Å². The van der Waals surface area contributed by atoms with Crippen molar-refractivity contribution in [1.29, 1.82) is 0 Å². The van der Waals surface area contributed by atoms with Gasteiger partial charge in [0.25, 0.3) is 10.0 Å². The fourth-order valence-electron chi connectivity index (χ4n) is 2.38. The summed E-state index contributed by atoms with van der Waals surface area (Å²) in [6, 6.07) is 13.6. The first-order chi connectivity index (χ1) is 11.7. The molecule has 130 valence electrons. The molecule has 3 aromatic rings. The molecule has 0 aromatic heterocycles. The number of benzene rings is 3. The summed E-state index contributed by atoms with van der Waals surface area (Å²) in [6.45, 7) is 0. The first kappa shape index (κ1) is 21.3. The third-order valence-electron chi connectivity index (χ3n) is 3.55. The number of anilines is 1. The number of nitrogens with one attached hydrogen (secondary N) is 1. The summed E-state index contributed by atoms with van der Waals surface area (Å²) in [4.78, 5) is -0.993. The number of hydrogen-bond acceptors (Lipinski definition) is 6. The van der Waals surface area contributed by atoms with Crippen molar-refractivity contribution in [3.63, 3.8) is 0 Å². The zero-order valence-corrected chi connectivity index (χ0v) is 18.3. The predicted octanol–water partition coefficient (Wildman–Crippen LogP) is -0.746. The van der Waals surface area contributed by atoms with Crippen molar-refractivity contribution in [1.82, 2.24) is 0 Å². The third kappa shape index (κ3) is 4.46. The fourth-order valence-corrected chi connectivity index (χ4v) is 4.10. The van der Waals surface area contributed by atoms with Crippen LogP contribution in [0.3, 0.4) is 0 Å². The zero-order chi connectivity index (χ0) is 18.2. The first-order valence-corrected chi connectivity index (χ1v) is 9.87. The molecule has 3 rings (SSSR count). The van der Waals surface area contributed by atoms with Crippen LogP contribution in [0.1, 0.15) is 0 Å². The minimum absolute atomic E-state index is 0. The monoisotopic (exact) mass is 417 g/mol. The predicted molar refractivity (Wildman–Crippen MR) is 90.8 cm³/mol. The van der Waals surface area contributed by atoms with Crippen LogP contribution < -0.4 is 56.1 Å². The molecule has 0 heterocycles. The Kier molecular flexibility index (Phi) is 6.51. The Labute approximate surface area is 193 Å². The summed E-state index contributed by atoms with van der Waals surface area (Å²) < 4.78 is 60.7. The van der Waals surface area contributed by atoms with Crippen LogP contribution in [0.4, 0.5) is 5.69 Å². The molecule has 10 heteroatoms. The Morgan fingerprint density at radius 1 is 0.808 bits per heavy atom. The van der Waals surface area contributed by atoms with Gasteiger partial charge in [-0.15, -0.1) is 0 Å². The molecule has 0 radical (unpaired) electrons. The minimum Gasteiger partial charge on any atom is -0.744 e. The average molecular weight is 418 g/mol. The maximum absolute atomic E-state index is 12.5. The van der Waals surface area contributed by atoms with Gasteiger partial charge in [-0.05, 0) is 30.3 Å². The van der Waals surface area contributed by atoms with Gasteiger partial charge in [0.05, 0.1) is 15.5 Å². The number of phenols is 1. The van der Waals surface area contributed by atoms with E-state index in [-0.39, 0.29) is 67.7 Å². The molecule has 2 N–H and O–H groups in total. The van der Waals surface area contributed by atoms with Crippen LogP contribution in [0.5, 0.6) is 5.75 Å². The second kappa shape index (κ2) is 7.95. The second-order valence-electron chi connectivity index (χ2n) is 5.21. The Morgan fingerprint density at radius 3 is 2.08 bits per heavy atom. The molecule has 0 amide bonds. The van der Waals surface area contributed by atoms with Crippen molar-refractivity contribution < 1.29 is 77.9 Å². The Morgan fingerprint density at radius 2 is 1.38 bits per heavy atom. The number of aromatic hydroxyl groups is 1. The summed E-state index contributed by atoms with van der Waals surface area (Å²) in [5.41, 5.74) is 0.212. The topological polar surface area (TPSA) is 124 Å². The standard InChI is InChI=1S/C16H13NO6S2.K/c18-16-9-3-6-13-14(16)7-2-8-15(13)17-24(19,20)11-4-1-5-12(10-11)25(21,22)23;/h1-10,17-18H,(H,21,22,23);/q;+1/p-1. The van der Waals surface area contributed by atoms with Crippen LogP contribution in [0.25, 0.3) is 10.8 Å². The number of fused-ring (bicyclic) bond motifs is 1. The van der Waals surface area contributed by atoms with Crippen molar-refractivity contribution >= 4 is 36.6 Å². The molecule has 7 nitrogen and oxygen atoms in total. The SMILES string of the molecule is O=S(=O)([O-])c1cccc(S(=O)(=O)Nc2cccc3c(O)cccc23)c1.[K+]. The molecule has 0 aliphatic heterocycles. The van der Waals surface area contributed by atoms with Gasteiger partial charge in [0, 0.05) is 10.8 Å². The molecule has 26 heavy (non-hydrogen) atoms. The van der Waals surface area contributed by atoms with E-state index in [0.29, 0.717) is 10.8 Å². The Hall–Kier alpha value is -0.984. The third-order valence-corrected chi connectivity index (χ3v) is 5.74. The largest absolute Gasteiger partial charge is 1.00 e. The summed E-state index contributed by atoms with van der Waals surface area (Å²) in [5.74, 6) is -0.00186. The van der Waals surface area contributed by atoms with Gasteiger partial charge in [0.1, 0.15) is 15.9 Å². The van der Waals surface area contributed by atoms with Crippen LogP contribution in [-0.4, -0.2) is 26.5 Å². The molecule has 0 unspecified atom stereocenters. The summed E-state index contributed by atoms with van der Waals surface area (Å²) >= 11 is 0. The summed E-state index contributed by atoms with van der Waals surface area (Å²) in [7, 11) is -8.91. The first-order valence-electron chi connectivity index (χ1n) is 6.98. The smallest absolute Gasteiger partial charge is 0.744 e. The molecule has 0 saturated heterocycles. The van der Waals surface area contributed by atoms with Gasteiger partial charge in [0.15, 0.2) is 0 Å². The van der Waals surface area contributed by atoms with Gasteiger partial charge in [-0.2, -0.15) is 0 Å².